The minimum absolute atomic E-state index is 0.0951. The molecule has 0 radical (unpaired) electrons. The van der Waals surface area contributed by atoms with E-state index in [2.05, 4.69) is 27.4 Å². The van der Waals surface area contributed by atoms with Gasteiger partial charge in [0.05, 0.1) is 17.9 Å². The molecule has 0 saturated carbocycles. The lowest BCUT2D eigenvalue weighted by Gasteiger charge is -2.43. The van der Waals surface area contributed by atoms with Crippen molar-refractivity contribution >= 4 is 23.4 Å². The lowest BCUT2D eigenvalue weighted by atomic mass is 9.91. The fraction of sp³-hybridized carbons (Fsp3) is 0.452. The number of anilines is 1. The predicted molar refractivity (Wildman–Crippen MR) is 156 cm³/mol. The molecule has 1 aromatic carbocycles. The number of ether oxygens (including phenoxy) is 3. The minimum Gasteiger partial charge on any atom is -0.490 e. The van der Waals surface area contributed by atoms with Crippen molar-refractivity contribution in [3.63, 3.8) is 0 Å². The summed E-state index contributed by atoms with van der Waals surface area (Å²) in [7, 11) is 0. The molecule has 11 nitrogen and oxygen atoms in total. The first-order valence-corrected chi connectivity index (χ1v) is 14.4. The van der Waals surface area contributed by atoms with Gasteiger partial charge in [-0.2, -0.15) is 0 Å². The molecule has 11 heteroatoms. The van der Waals surface area contributed by atoms with E-state index < -0.39 is 17.4 Å². The molecular weight excluding hydrogens is 534 g/mol. The molecule has 6 heterocycles. The minimum atomic E-state index is -0.573. The molecule has 0 N–H and O–H groups in total. The summed E-state index contributed by atoms with van der Waals surface area (Å²) in [5.41, 5.74) is 3.38. The molecule has 1 fully saturated rings. The second kappa shape index (κ2) is 10.1. The highest BCUT2D eigenvalue weighted by molar-refractivity contribution is 5.77. The highest BCUT2D eigenvalue weighted by atomic mass is 16.5. The summed E-state index contributed by atoms with van der Waals surface area (Å²) in [5.74, 6) is 2.36. The van der Waals surface area contributed by atoms with Crippen LogP contribution in [0.5, 0.6) is 5.75 Å². The zero-order valence-electron chi connectivity index (χ0n) is 24.4. The third kappa shape index (κ3) is 4.52. The molecular formula is C31H35N7O4. The summed E-state index contributed by atoms with van der Waals surface area (Å²) in [6.07, 6.45) is 3.96. The van der Waals surface area contributed by atoms with Crippen LogP contribution in [0.3, 0.4) is 0 Å². The van der Waals surface area contributed by atoms with Crippen molar-refractivity contribution in [1.82, 2.24) is 29.4 Å². The van der Waals surface area contributed by atoms with Gasteiger partial charge in [-0.3, -0.25) is 14.3 Å². The average Bonchev–Trinajstić information content (AvgIpc) is 3.55. The van der Waals surface area contributed by atoms with Crippen molar-refractivity contribution in [2.45, 2.75) is 57.7 Å². The fourth-order valence-corrected chi connectivity index (χ4v) is 6.33. The number of aldehydes is 1. The van der Waals surface area contributed by atoms with Gasteiger partial charge < -0.3 is 19.1 Å². The van der Waals surface area contributed by atoms with Gasteiger partial charge in [0.2, 0.25) is 5.95 Å². The van der Waals surface area contributed by atoms with Crippen molar-refractivity contribution in [1.29, 1.82) is 0 Å². The number of fused-ring (bicyclic) bond motifs is 6. The molecule has 1 spiro atoms. The summed E-state index contributed by atoms with van der Waals surface area (Å²) < 4.78 is 20.3. The number of nitrogens with zero attached hydrogens (tertiary/aromatic N) is 7. The normalized spacial score (nSPS) is 23.0. The number of hydrogen-bond acceptors (Lipinski definition) is 10. The standard InChI is InChI=1S/C31H35N7O4/c1-20-15-36(11-12-37(20)27(16-39)42-30(2,3)4)29-32-13-21(14-33-29)23-9-10-24-28(35-23)38-26(34-24)17-40-18-31(38)19-41-25-8-6-5-7-22(25)31/h5-10,13-14,16,20,27H,11-12,15,17-19H2,1-4H3/t20-,27?,31?/m0/s1. The smallest absolute Gasteiger partial charge is 0.225 e. The van der Waals surface area contributed by atoms with Gasteiger partial charge in [-0.25, -0.2) is 19.9 Å². The Hall–Kier alpha value is -3.93. The van der Waals surface area contributed by atoms with E-state index >= 15 is 0 Å². The van der Waals surface area contributed by atoms with E-state index in [0.29, 0.717) is 45.4 Å². The Kier molecular flexibility index (Phi) is 6.48. The van der Waals surface area contributed by atoms with Crippen molar-refractivity contribution in [2.75, 3.05) is 37.7 Å². The molecule has 218 valence electrons. The molecule has 42 heavy (non-hydrogen) atoms. The number of carbonyl (C=O) groups is 1. The summed E-state index contributed by atoms with van der Waals surface area (Å²) in [4.78, 5) is 35.4. The first-order valence-electron chi connectivity index (χ1n) is 14.4. The summed E-state index contributed by atoms with van der Waals surface area (Å²) >= 11 is 0. The monoisotopic (exact) mass is 569 g/mol. The van der Waals surface area contributed by atoms with Crippen LogP contribution in [0.2, 0.25) is 0 Å². The predicted octanol–water partition coefficient (Wildman–Crippen LogP) is 3.41. The maximum atomic E-state index is 11.8. The molecule has 1 saturated heterocycles. The zero-order chi connectivity index (χ0) is 29.1. The van der Waals surface area contributed by atoms with Crippen LogP contribution < -0.4 is 9.64 Å². The third-order valence-electron chi connectivity index (χ3n) is 8.24. The Morgan fingerprint density at radius 3 is 2.64 bits per heavy atom. The first kappa shape index (κ1) is 26.9. The van der Waals surface area contributed by atoms with Crippen LogP contribution in [0.15, 0.2) is 48.8 Å². The molecule has 3 aliphatic rings. The number of carbonyl (C=O) groups excluding carboxylic acids is 1. The van der Waals surface area contributed by atoms with Gasteiger partial charge in [-0.1, -0.05) is 18.2 Å². The van der Waals surface area contributed by atoms with E-state index in [1.807, 2.05) is 63.5 Å². The van der Waals surface area contributed by atoms with E-state index in [9.17, 15) is 4.79 Å². The number of benzene rings is 1. The van der Waals surface area contributed by atoms with Crippen molar-refractivity contribution < 1.29 is 19.0 Å². The quantitative estimate of drug-likeness (QED) is 0.332. The van der Waals surface area contributed by atoms with E-state index in [1.54, 1.807) is 0 Å². The van der Waals surface area contributed by atoms with E-state index in [-0.39, 0.29) is 6.04 Å². The van der Waals surface area contributed by atoms with E-state index in [1.165, 1.54) is 0 Å². The highest BCUT2D eigenvalue weighted by Crippen LogP contribution is 2.44. The lowest BCUT2D eigenvalue weighted by Crippen LogP contribution is -2.58. The SMILES string of the molecule is C[C@H]1CN(c2ncc(-c3ccc4nc5n(c4n3)C3(COC5)COc4ccccc43)cn2)CCN1C(C=O)OC(C)(C)C. The maximum absolute atomic E-state index is 11.8. The van der Waals surface area contributed by atoms with Gasteiger partial charge in [0.15, 0.2) is 18.2 Å². The maximum Gasteiger partial charge on any atom is 0.225 e. The average molecular weight is 570 g/mol. The Morgan fingerprint density at radius 2 is 1.88 bits per heavy atom. The Balaban J connectivity index is 1.14. The van der Waals surface area contributed by atoms with Crippen molar-refractivity contribution in [3.05, 3.63) is 60.2 Å². The number of aromatic nitrogens is 5. The third-order valence-corrected chi connectivity index (χ3v) is 8.24. The molecule has 3 atom stereocenters. The van der Waals surface area contributed by atoms with Crippen LogP contribution in [-0.4, -0.2) is 86.4 Å². The second-order valence-electron chi connectivity index (χ2n) is 12.3. The van der Waals surface area contributed by atoms with Crippen LogP contribution in [0.4, 0.5) is 5.95 Å². The largest absolute Gasteiger partial charge is 0.490 e. The molecule has 7 rings (SSSR count). The Labute approximate surface area is 244 Å². The Morgan fingerprint density at radius 1 is 1.07 bits per heavy atom. The van der Waals surface area contributed by atoms with Crippen molar-refractivity contribution in [3.8, 4) is 17.0 Å². The second-order valence-corrected chi connectivity index (χ2v) is 12.3. The zero-order valence-corrected chi connectivity index (χ0v) is 24.4. The molecule has 0 aliphatic carbocycles. The summed E-state index contributed by atoms with van der Waals surface area (Å²) in [5, 5.41) is 0. The molecule has 3 aliphatic heterocycles. The number of imidazole rings is 1. The molecule has 4 aromatic rings. The van der Waals surface area contributed by atoms with Crippen molar-refractivity contribution in [2.24, 2.45) is 0 Å². The van der Waals surface area contributed by atoms with Crippen LogP contribution in [0.25, 0.3) is 22.4 Å². The van der Waals surface area contributed by atoms with Gasteiger partial charge in [-0.15, -0.1) is 0 Å². The lowest BCUT2D eigenvalue weighted by molar-refractivity contribution is -0.158. The van der Waals surface area contributed by atoms with Gasteiger partial charge in [0.1, 0.15) is 35.8 Å². The van der Waals surface area contributed by atoms with Crippen LogP contribution >= 0.6 is 0 Å². The fourth-order valence-electron chi connectivity index (χ4n) is 6.33. The number of piperazine rings is 1. The van der Waals surface area contributed by atoms with Crippen LogP contribution in [-0.2, 0) is 26.4 Å². The number of para-hydroxylation sites is 1. The van der Waals surface area contributed by atoms with Crippen LogP contribution in [0, 0.1) is 0 Å². The highest BCUT2D eigenvalue weighted by Gasteiger charge is 2.47. The first-order chi connectivity index (χ1) is 20.3. The number of rotatable bonds is 5. The number of pyridine rings is 1. The summed E-state index contributed by atoms with van der Waals surface area (Å²) in [6, 6.07) is 12.2. The summed E-state index contributed by atoms with van der Waals surface area (Å²) in [6.45, 7) is 11.4. The van der Waals surface area contributed by atoms with E-state index in [4.69, 9.17) is 34.1 Å². The Bertz CT molecular complexity index is 1630. The van der Waals surface area contributed by atoms with Gasteiger partial charge in [0.25, 0.3) is 0 Å². The van der Waals surface area contributed by atoms with Gasteiger partial charge >= 0.3 is 0 Å². The number of hydrogen-bond donors (Lipinski definition) is 0. The van der Waals surface area contributed by atoms with Gasteiger partial charge in [0, 0.05) is 49.2 Å². The van der Waals surface area contributed by atoms with E-state index in [0.717, 1.165) is 45.8 Å². The van der Waals surface area contributed by atoms with Crippen LogP contribution in [0.1, 0.15) is 39.1 Å². The van der Waals surface area contributed by atoms with Gasteiger partial charge in [-0.05, 0) is 45.9 Å². The molecule has 3 aromatic heterocycles. The molecule has 0 bridgehead atoms. The topological polar surface area (TPSA) is 108 Å². The molecule has 0 amide bonds. The molecule has 2 unspecified atom stereocenters.